The number of aliphatic hydroxyl groups is 1. The van der Waals surface area contributed by atoms with Crippen LogP contribution in [-0.4, -0.2) is 22.0 Å². The van der Waals surface area contributed by atoms with Crippen LogP contribution in [0.3, 0.4) is 0 Å². The molecule has 0 amide bonds. The predicted molar refractivity (Wildman–Crippen MR) is 78.1 cm³/mol. The second-order valence-corrected chi connectivity index (χ2v) is 4.73. The normalized spacial score (nSPS) is 11.9. The summed E-state index contributed by atoms with van der Waals surface area (Å²) in [6.45, 7) is 0. The van der Waals surface area contributed by atoms with Crippen LogP contribution in [0.25, 0.3) is 0 Å². The molecule has 108 valence electrons. The van der Waals surface area contributed by atoms with Crippen LogP contribution >= 0.6 is 0 Å². The van der Waals surface area contributed by atoms with Gasteiger partial charge in [0, 0.05) is 12.0 Å². The zero-order chi connectivity index (χ0) is 15.2. The fraction of sp³-hybridized carbons (Fsp3) is 0.176. The first-order chi connectivity index (χ1) is 10.1. The SMILES string of the molecule is O=C(O)CCc1ccccc1C(=O)C(O)c1ccccc1. The average Bonchev–Trinajstić information content (AvgIpc) is 2.52. The number of hydrogen-bond donors (Lipinski definition) is 2. The quantitative estimate of drug-likeness (QED) is 0.800. The molecule has 0 spiro atoms. The number of hydrogen-bond acceptors (Lipinski definition) is 3. The molecule has 0 saturated heterocycles. The minimum atomic E-state index is -1.24. The number of aliphatic carboxylic acids is 1. The Bertz CT molecular complexity index is 634. The number of aliphatic hydroxyl groups excluding tert-OH is 1. The van der Waals surface area contributed by atoms with Crippen LogP contribution < -0.4 is 0 Å². The van der Waals surface area contributed by atoms with Gasteiger partial charge in [-0.25, -0.2) is 0 Å². The summed E-state index contributed by atoms with van der Waals surface area (Å²) in [7, 11) is 0. The van der Waals surface area contributed by atoms with Gasteiger partial charge in [0.15, 0.2) is 5.78 Å². The fourth-order valence-corrected chi connectivity index (χ4v) is 2.15. The molecule has 0 aliphatic rings. The van der Waals surface area contributed by atoms with Crippen molar-refractivity contribution >= 4 is 11.8 Å². The molecule has 2 rings (SSSR count). The molecule has 0 bridgehead atoms. The highest BCUT2D eigenvalue weighted by Gasteiger charge is 2.21. The van der Waals surface area contributed by atoms with E-state index in [9.17, 15) is 14.7 Å². The Morgan fingerprint density at radius 2 is 1.57 bits per heavy atom. The van der Waals surface area contributed by atoms with Gasteiger partial charge in [-0.2, -0.15) is 0 Å². The predicted octanol–water partition coefficient (Wildman–Crippen LogP) is 2.62. The van der Waals surface area contributed by atoms with Gasteiger partial charge in [0.25, 0.3) is 0 Å². The topological polar surface area (TPSA) is 74.6 Å². The third-order valence-corrected chi connectivity index (χ3v) is 3.25. The summed E-state index contributed by atoms with van der Waals surface area (Å²) in [6, 6.07) is 15.5. The maximum atomic E-state index is 12.4. The van der Waals surface area contributed by atoms with Crippen molar-refractivity contribution in [1.29, 1.82) is 0 Å². The molecule has 0 aliphatic heterocycles. The van der Waals surface area contributed by atoms with E-state index in [1.54, 1.807) is 48.5 Å². The Labute approximate surface area is 122 Å². The monoisotopic (exact) mass is 284 g/mol. The number of benzene rings is 2. The van der Waals surface area contributed by atoms with Crippen molar-refractivity contribution in [2.75, 3.05) is 0 Å². The minimum absolute atomic E-state index is 0.0499. The summed E-state index contributed by atoms with van der Waals surface area (Å²) in [4.78, 5) is 23.1. The summed E-state index contributed by atoms with van der Waals surface area (Å²) in [6.07, 6.45) is -1.03. The molecular formula is C17H16O4. The maximum absolute atomic E-state index is 12.4. The Hall–Kier alpha value is -2.46. The molecule has 0 aliphatic carbocycles. The maximum Gasteiger partial charge on any atom is 0.303 e. The van der Waals surface area contributed by atoms with E-state index in [2.05, 4.69) is 0 Å². The van der Waals surface area contributed by atoms with Gasteiger partial charge >= 0.3 is 5.97 Å². The number of carbonyl (C=O) groups excluding carboxylic acids is 1. The largest absolute Gasteiger partial charge is 0.481 e. The molecule has 2 N–H and O–H groups in total. The lowest BCUT2D eigenvalue weighted by Crippen LogP contribution is -2.14. The van der Waals surface area contributed by atoms with Crippen LogP contribution in [0.5, 0.6) is 0 Å². The smallest absolute Gasteiger partial charge is 0.303 e. The molecule has 4 nitrogen and oxygen atoms in total. The third kappa shape index (κ3) is 3.77. The van der Waals surface area contributed by atoms with Gasteiger partial charge in [0.05, 0.1) is 0 Å². The Morgan fingerprint density at radius 1 is 0.952 bits per heavy atom. The molecule has 2 aromatic rings. The summed E-state index contributed by atoms with van der Waals surface area (Å²) in [5.41, 5.74) is 1.53. The van der Waals surface area contributed by atoms with E-state index in [-0.39, 0.29) is 12.8 Å². The number of carboxylic acid groups (broad SMARTS) is 1. The molecule has 21 heavy (non-hydrogen) atoms. The third-order valence-electron chi connectivity index (χ3n) is 3.25. The summed E-state index contributed by atoms with van der Waals surface area (Å²) >= 11 is 0. The van der Waals surface area contributed by atoms with Crippen molar-refractivity contribution in [1.82, 2.24) is 0 Å². The van der Waals surface area contributed by atoms with Crippen molar-refractivity contribution in [3.05, 3.63) is 71.3 Å². The highest BCUT2D eigenvalue weighted by Crippen LogP contribution is 2.21. The van der Waals surface area contributed by atoms with Crippen molar-refractivity contribution in [3.63, 3.8) is 0 Å². The van der Waals surface area contributed by atoms with Crippen LogP contribution in [0.2, 0.25) is 0 Å². The molecule has 2 aromatic carbocycles. The van der Waals surface area contributed by atoms with Crippen LogP contribution in [0, 0.1) is 0 Å². The Kier molecular flexibility index (Phi) is 4.85. The zero-order valence-electron chi connectivity index (χ0n) is 11.4. The van der Waals surface area contributed by atoms with Gasteiger partial charge in [-0.05, 0) is 17.5 Å². The molecule has 4 heteroatoms. The summed E-state index contributed by atoms with van der Waals surface area (Å²) in [5, 5.41) is 18.9. The summed E-state index contributed by atoms with van der Waals surface area (Å²) < 4.78 is 0. The zero-order valence-corrected chi connectivity index (χ0v) is 11.4. The molecule has 0 aromatic heterocycles. The molecule has 1 unspecified atom stereocenters. The van der Waals surface area contributed by atoms with E-state index in [1.165, 1.54) is 0 Å². The number of ketones is 1. The number of aryl methyl sites for hydroxylation is 1. The van der Waals surface area contributed by atoms with Crippen molar-refractivity contribution in [2.45, 2.75) is 18.9 Å². The number of Topliss-reactive ketones (excluding diaryl/α,β-unsaturated/α-hetero) is 1. The molecule has 0 radical (unpaired) electrons. The number of carboxylic acids is 1. The Morgan fingerprint density at radius 3 is 2.24 bits per heavy atom. The van der Waals surface area contributed by atoms with Gasteiger partial charge in [-0.1, -0.05) is 54.6 Å². The van der Waals surface area contributed by atoms with E-state index in [1.807, 2.05) is 6.07 Å². The fourth-order valence-electron chi connectivity index (χ4n) is 2.15. The first-order valence-corrected chi connectivity index (χ1v) is 6.66. The molecular weight excluding hydrogens is 268 g/mol. The molecule has 0 saturated carbocycles. The lowest BCUT2D eigenvalue weighted by molar-refractivity contribution is -0.136. The van der Waals surface area contributed by atoms with E-state index < -0.39 is 17.9 Å². The molecule has 0 fully saturated rings. The highest BCUT2D eigenvalue weighted by atomic mass is 16.4. The van der Waals surface area contributed by atoms with Crippen molar-refractivity contribution in [2.24, 2.45) is 0 Å². The van der Waals surface area contributed by atoms with Gasteiger partial charge in [0.1, 0.15) is 6.10 Å². The average molecular weight is 284 g/mol. The van der Waals surface area contributed by atoms with E-state index in [0.29, 0.717) is 16.7 Å². The Balaban J connectivity index is 2.25. The number of rotatable bonds is 6. The van der Waals surface area contributed by atoms with Crippen LogP contribution in [-0.2, 0) is 11.2 Å². The van der Waals surface area contributed by atoms with Crippen LogP contribution in [0.1, 0.15) is 34.0 Å². The summed E-state index contributed by atoms with van der Waals surface area (Å²) in [5.74, 6) is -1.33. The first-order valence-electron chi connectivity index (χ1n) is 6.66. The van der Waals surface area contributed by atoms with Crippen molar-refractivity contribution in [3.8, 4) is 0 Å². The van der Waals surface area contributed by atoms with E-state index in [0.717, 1.165) is 0 Å². The van der Waals surface area contributed by atoms with Gasteiger partial charge in [0.2, 0.25) is 0 Å². The minimum Gasteiger partial charge on any atom is -0.481 e. The van der Waals surface area contributed by atoms with Crippen molar-refractivity contribution < 1.29 is 19.8 Å². The van der Waals surface area contributed by atoms with Gasteiger partial charge < -0.3 is 10.2 Å². The lowest BCUT2D eigenvalue weighted by Gasteiger charge is -2.13. The van der Waals surface area contributed by atoms with Gasteiger partial charge in [-0.15, -0.1) is 0 Å². The lowest BCUT2D eigenvalue weighted by atomic mass is 9.94. The van der Waals surface area contributed by atoms with Gasteiger partial charge in [-0.3, -0.25) is 9.59 Å². The highest BCUT2D eigenvalue weighted by molar-refractivity contribution is 6.01. The molecule has 0 heterocycles. The van der Waals surface area contributed by atoms with Crippen LogP contribution in [0.15, 0.2) is 54.6 Å². The molecule has 1 atom stereocenters. The first kappa shape index (κ1) is 14.9. The number of carbonyl (C=O) groups is 2. The van der Waals surface area contributed by atoms with Crippen LogP contribution in [0.4, 0.5) is 0 Å². The second-order valence-electron chi connectivity index (χ2n) is 4.73. The second kappa shape index (κ2) is 6.81. The van der Waals surface area contributed by atoms with E-state index in [4.69, 9.17) is 5.11 Å². The standard InChI is InChI=1S/C17H16O4/c18-15(19)11-10-12-6-4-5-9-14(12)17(21)16(20)13-7-2-1-3-8-13/h1-9,16,20H,10-11H2,(H,18,19). The van der Waals surface area contributed by atoms with E-state index >= 15 is 0 Å².